The van der Waals surface area contributed by atoms with Gasteiger partial charge < -0.3 is 9.80 Å². The summed E-state index contributed by atoms with van der Waals surface area (Å²) < 4.78 is 1.80. The van der Waals surface area contributed by atoms with Crippen molar-refractivity contribution in [1.29, 1.82) is 0 Å². The number of pyridine rings is 1. The molecule has 1 fully saturated rings. The number of rotatable bonds is 5. The van der Waals surface area contributed by atoms with E-state index in [1.54, 1.807) is 29.2 Å². The molecule has 0 unspecified atom stereocenters. The quantitative estimate of drug-likeness (QED) is 0.739. The maximum Gasteiger partial charge on any atom is 0.246 e. The van der Waals surface area contributed by atoms with Gasteiger partial charge >= 0.3 is 0 Å². The second kappa shape index (κ2) is 8.57. The number of carbonyl (C=O) groups is 1. The molecule has 144 valence electrons. The second-order valence-corrected chi connectivity index (χ2v) is 7.57. The van der Waals surface area contributed by atoms with Crippen LogP contribution >= 0.6 is 11.6 Å². The second-order valence-electron chi connectivity index (χ2n) is 7.22. The number of piperazine rings is 1. The van der Waals surface area contributed by atoms with Gasteiger partial charge in [-0.05, 0) is 31.1 Å². The molecule has 6 nitrogen and oxygen atoms in total. The lowest BCUT2D eigenvalue weighted by atomic mass is 10.2. The highest BCUT2D eigenvalue weighted by molar-refractivity contribution is 6.31. The molecule has 0 spiro atoms. The van der Waals surface area contributed by atoms with Crippen LogP contribution in [0.1, 0.15) is 25.1 Å². The fraction of sp³-hybridized carbons (Fsp3) is 0.450. The fourth-order valence-electron chi connectivity index (χ4n) is 3.22. The molecule has 0 N–H and O–H groups in total. The van der Waals surface area contributed by atoms with E-state index >= 15 is 0 Å². The van der Waals surface area contributed by atoms with Gasteiger partial charge in [0, 0.05) is 62.4 Å². The minimum atomic E-state index is 0.0106. The largest absolute Gasteiger partial charge is 0.368 e. The lowest BCUT2D eigenvalue weighted by Gasteiger charge is -2.35. The van der Waals surface area contributed by atoms with Gasteiger partial charge in [-0.3, -0.25) is 14.5 Å². The average Bonchev–Trinajstić information content (AvgIpc) is 2.93. The van der Waals surface area contributed by atoms with Crippen molar-refractivity contribution < 1.29 is 4.79 Å². The number of carbonyl (C=O) groups excluding carboxylic acids is 1. The van der Waals surface area contributed by atoms with E-state index in [-0.39, 0.29) is 5.91 Å². The van der Waals surface area contributed by atoms with Gasteiger partial charge in [-0.2, -0.15) is 5.10 Å². The van der Waals surface area contributed by atoms with E-state index in [0.29, 0.717) is 24.2 Å². The molecule has 0 radical (unpaired) electrons. The SMILES string of the molecule is Cc1nn(CC(C)C)c(Cl)c1/C=C/C(=O)N1CCN(c2ccncc2)CC1. The third kappa shape index (κ3) is 4.69. The molecule has 3 heterocycles. The number of hydrogen-bond donors (Lipinski definition) is 0. The van der Waals surface area contributed by atoms with Gasteiger partial charge in [0.15, 0.2) is 0 Å². The van der Waals surface area contributed by atoms with Crippen LogP contribution < -0.4 is 4.90 Å². The molecule has 1 aliphatic rings. The summed E-state index contributed by atoms with van der Waals surface area (Å²) in [4.78, 5) is 20.8. The van der Waals surface area contributed by atoms with Crippen LogP contribution in [0.4, 0.5) is 5.69 Å². The molecule has 2 aromatic rings. The Kier molecular flexibility index (Phi) is 6.16. The van der Waals surface area contributed by atoms with Gasteiger partial charge in [0.2, 0.25) is 5.91 Å². The van der Waals surface area contributed by atoms with Crippen molar-refractivity contribution in [2.45, 2.75) is 27.3 Å². The third-order valence-corrected chi connectivity index (χ3v) is 5.06. The fourth-order valence-corrected chi connectivity index (χ4v) is 3.53. The molecule has 0 bridgehead atoms. The first kappa shape index (κ1) is 19.4. The van der Waals surface area contributed by atoms with E-state index in [4.69, 9.17) is 11.6 Å². The molecule has 1 aliphatic heterocycles. The van der Waals surface area contributed by atoms with Gasteiger partial charge in [-0.1, -0.05) is 25.4 Å². The van der Waals surface area contributed by atoms with Crippen molar-refractivity contribution in [2.24, 2.45) is 5.92 Å². The lowest BCUT2D eigenvalue weighted by molar-refractivity contribution is -0.126. The molecule has 7 heteroatoms. The molecule has 0 atom stereocenters. The van der Waals surface area contributed by atoms with E-state index < -0.39 is 0 Å². The van der Waals surface area contributed by atoms with Gasteiger partial charge in [0.05, 0.1) is 5.69 Å². The molecule has 1 saturated heterocycles. The number of nitrogens with zero attached hydrogens (tertiary/aromatic N) is 5. The standard InChI is InChI=1S/C20H26ClN5O/c1-15(2)14-26-20(21)18(16(3)23-26)4-5-19(27)25-12-10-24(11-13-25)17-6-8-22-9-7-17/h4-9,15H,10-14H2,1-3H3/b5-4+. The summed E-state index contributed by atoms with van der Waals surface area (Å²) in [5.74, 6) is 0.466. The summed E-state index contributed by atoms with van der Waals surface area (Å²) in [5.41, 5.74) is 2.81. The maximum absolute atomic E-state index is 12.6. The third-order valence-electron chi connectivity index (χ3n) is 4.66. The highest BCUT2D eigenvalue weighted by Crippen LogP contribution is 2.22. The topological polar surface area (TPSA) is 54.3 Å². The van der Waals surface area contributed by atoms with Crippen molar-refractivity contribution >= 4 is 29.3 Å². The Morgan fingerprint density at radius 2 is 1.89 bits per heavy atom. The zero-order valence-corrected chi connectivity index (χ0v) is 16.9. The van der Waals surface area contributed by atoms with Gasteiger partial charge in [-0.15, -0.1) is 0 Å². The maximum atomic E-state index is 12.6. The Morgan fingerprint density at radius 3 is 2.52 bits per heavy atom. The first-order valence-electron chi connectivity index (χ1n) is 9.30. The molecule has 27 heavy (non-hydrogen) atoms. The zero-order chi connectivity index (χ0) is 19.4. The Bertz CT molecular complexity index is 807. The normalized spacial score (nSPS) is 15.1. The van der Waals surface area contributed by atoms with Crippen molar-refractivity contribution in [2.75, 3.05) is 31.1 Å². The van der Waals surface area contributed by atoms with Gasteiger partial charge in [0.1, 0.15) is 5.15 Å². The van der Waals surface area contributed by atoms with Crippen LogP contribution in [-0.4, -0.2) is 51.8 Å². The summed E-state index contributed by atoms with van der Waals surface area (Å²) >= 11 is 6.44. The predicted molar refractivity (Wildman–Crippen MR) is 109 cm³/mol. The Balaban J connectivity index is 1.61. The summed E-state index contributed by atoms with van der Waals surface area (Å²) in [7, 11) is 0. The van der Waals surface area contributed by atoms with E-state index in [9.17, 15) is 4.79 Å². The van der Waals surface area contributed by atoms with Crippen molar-refractivity contribution in [1.82, 2.24) is 19.7 Å². The monoisotopic (exact) mass is 387 g/mol. The van der Waals surface area contributed by atoms with E-state index in [1.165, 1.54) is 0 Å². The molecular weight excluding hydrogens is 362 g/mol. The minimum Gasteiger partial charge on any atom is -0.368 e. The smallest absolute Gasteiger partial charge is 0.246 e. The Hall–Kier alpha value is -2.34. The predicted octanol–water partition coefficient (Wildman–Crippen LogP) is 3.26. The number of halogens is 1. The van der Waals surface area contributed by atoms with Crippen LogP contribution in [0.25, 0.3) is 6.08 Å². The van der Waals surface area contributed by atoms with Crippen LogP contribution in [0.2, 0.25) is 5.15 Å². The number of amides is 1. The minimum absolute atomic E-state index is 0.0106. The molecular formula is C20H26ClN5O. The molecule has 0 aliphatic carbocycles. The van der Waals surface area contributed by atoms with Crippen molar-refractivity contribution in [3.05, 3.63) is 47.0 Å². The summed E-state index contributed by atoms with van der Waals surface area (Å²) in [5, 5.41) is 5.07. The van der Waals surface area contributed by atoms with E-state index in [1.807, 2.05) is 24.0 Å². The highest BCUT2D eigenvalue weighted by atomic mass is 35.5. The van der Waals surface area contributed by atoms with Crippen molar-refractivity contribution in [3.63, 3.8) is 0 Å². The van der Waals surface area contributed by atoms with Gasteiger partial charge in [0.25, 0.3) is 0 Å². The summed E-state index contributed by atoms with van der Waals surface area (Å²) in [6.45, 7) is 9.95. The number of aryl methyl sites for hydroxylation is 1. The number of aromatic nitrogens is 3. The van der Waals surface area contributed by atoms with Crippen LogP contribution in [0.3, 0.4) is 0 Å². The highest BCUT2D eigenvalue weighted by Gasteiger charge is 2.20. The summed E-state index contributed by atoms with van der Waals surface area (Å²) in [6.07, 6.45) is 6.99. The molecule has 0 saturated carbocycles. The molecule has 0 aromatic carbocycles. The average molecular weight is 388 g/mol. The Morgan fingerprint density at radius 1 is 1.22 bits per heavy atom. The van der Waals surface area contributed by atoms with Crippen LogP contribution in [0, 0.1) is 12.8 Å². The first-order valence-corrected chi connectivity index (χ1v) is 9.68. The number of anilines is 1. The zero-order valence-electron chi connectivity index (χ0n) is 16.1. The lowest BCUT2D eigenvalue weighted by Crippen LogP contribution is -2.48. The van der Waals surface area contributed by atoms with Crippen LogP contribution in [0.15, 0.2) is 30.6 Å². The molecule has 3 rings (SSSR count). The van der Waals surface area contributed by atoms with Gasteiger partial charge in [-0.25, -0.2) is 0 Å². The summed E-state index contributed by atoms with van der Waals surface area (Å²) in [6, 6.07) is 3.99. The van der Waals surface area contributed by atoms with Crippen LogP contribution in [0.5, 0.6) is 0 Å². The van der Waals surface area contributed by atoms with E-state index in [2.05, 4.69) is 28.8 Å². The number of hydrogen-bond acceptors (Lipinski definition) is 4. The molecule has 2 aromatic heterocycles. The van der Waals surface area contributed by atoms with Crippen LogP contribution in [-0.2, 0) is 11.3 Å². The Labute approximate surface area is 165 Å². The van der Waals surface area contributed by atoms with Crippen molar-refractivity contribution in [3.8, 4) is 0 Å². The first-order chi connectivity index (χ1) is 13.0. The molecule has 1 amide bonds. The van der Waals surface area contributed by atoms with E-state index in [0.717, 1.165) is 36.6 Å².